The molecule has 0 atom stereocenters. The predicted octanol–water partition coefficient (Wildman–Crippen LogP) is 3.02. The Labute approximate surface area is 102 Å². The molecule has 0 aliphatic heterocycles. The van der Waals surface area contributed by atoms with Crippen molar-refractivity contribution in [1.29, 1.82) is 0 Å². The summed E-state index contributed by atoms with van der Waals surface area (Å²) in [5.41, 5.74) is 3.53. The molecule has 0 saturated carbocycles. The van der Waals surface area contributed by atoms with E-state index in [4.69, 9.17) is 0 Å². The van der Waals surface area contributed by atoms with Crippen LogP contribution in [-0.2, 0) is 13.1 Å². The summed E-state index contributed by atoms with van der Waals surface area (Å²) < 4.78 is 25.6. The number of aryl methyl sites for hydroxylation is 1. The van der Waals surface area contributed by atoms with E-state index in [1.165, 1.54) is 6.07 Å². The van der Waals surface area contributed by atoms with Crippen molar-refractivity contribution in [2.75, 3.05) is 0 Å². The second-order valence-corrected chi connectivity index (χ2v) is 4.65. The highest BCUT2D eigenvalue weighted by Crippen LogP contribution is 2.12. The van der Waals surface area contributed by atoms with Crippen LogP contribution >= 0.6 is 11.3 Å². The Morgan fingerprint density at radius 2 is 2.06 bits per heavy atom. The van der Waals surface area contributed by atoms with Gasteiger partial charge in [-0.3, -0.25) is 0 Å². The molecule has 2 nitrogen and oxygen atoms in total. The van der Waals surface area contributed by atoms with E-state index in [2.05, 4.69) is 10.3 Å². The number of benzene rings is 1. The first-order valence-corrected chi connectivity index (χ1v) is 6.08. The van der Waals surface area contributed by atoms with Crippen molar-refractivity contribution in [3.63, 3.8) is 0 Å². The number of rotatable bonds is 4. The summed E-state index contributed by atoms with van der Waals surface area (Å²) in [4.78, 5) is 5.30. The van der Waals surface area contributed by atoms with Crippen LogP contribution in [0.5, 0.6) is 0 Å². The number of thiazole rings is 1. The van der Waals surface area contributed by atoms with Crippen LogP contribution in [0.1, 0.15) is 16.1 Å². The molecular formula is C12H12F2N2S. The molecule has 2 aromatic rings. The fourth-order valence-electron chi connectivity index (χ4n) is 1.47. The van der Waals surface area contributed by atoms with Crippen molar-refractivity contribution in [3.05, 3.63) is 51.5 Å². The molecule has 0 unspecified atom stereocenters. The largest absolute Gasteiger partial charge is 0.308 e. The van der Waals surface area contributed by atoms with Gasteiger partial charge in [-0.15, -0.1) is 11.3 Å². The van der Waals surface area contributed by atoms with Crippen LogP contribution in [0.15, 0.2) is 23.7 Å². The molecule has 0 saturated heterocycles. The van der Waals surface area contributed by atoms with Crippen molar-refractivity contribution < 1.29 is 8.78 Å². The van der Waals surface area contributed by atoms with Gasteiger partial charge in [-0.1, -0.05) is 6.07 Å². The lowest BCUT2D eigenvalue weighted by Crippen LogP contribution is -2.12. The van der Waals surface area contributed by atoms with Crippen molar-refractivity contribution in [2.45, 2.75) is 20.0 Å². The first-order chi connectivity index (χ1) is 8.16. The molecule has 0 aliphatic rings. The third-order valence-electron chi connectivity index (χ3n) is 2.44. The zero-order valence-electron chi connectivity index (χ0n) is 9.34. The minimum absolute atomic E-state index is 0.508. The fraction of sp³-hybridized carbons (Fsp3) is 0.250. The molecule has 0 fully saturated rings. The maximum Gasteiger partial charge on any atom is 0.159 e. The van der Waals surface area contributed by atoms with Gasteiger partial charge in [-0.2, -0.15) is 0 Å². The molecule has 1 aromatic heterocycles. The summed E-state index contributed by atoms with van der Waals surface area (Å²) >= 11 is 1.58. The molecule has 0 spiro atoms. The van der Waals surface area contributed by atoms with Gasteiger partial charge < -0.3 is 5.32 Å². The van der Waals surface area contributed by atoms with E-state index in [1.807, 2.05) is 6.92 Å². The first kappa shape index (κ1) is 12.1. The Balaban J connectivity index is 1.90. The van der Waals surface area contributed by atoms with E-state index in [1.54, 1.807) is 22.9 Å². The molecule has 5 heteroatoms. The summed E-state index contributed by atoms with van der Waals surface area (Å²) in [6.07, 6.45) is 0. The van der Waals surface area contributed by atoms with E-state index in [9.17, 15) is 8.78 Å². The lowest BCUT2D eigenvalue weighted by Gasteiger charge is -2.04. The Hall–Kier alpha value is -1.33. The SMILES string of the molecule is Cc1ncsc1CNCc1ccc(F)c(F)c1. The van der Waals surface area contributed by atoms with Crippen LogP contribution in [0.4, 0.5) is 8.78 Å². The van der Waals surface area contributed by atoms with Crippen LogP contribution in [0, 0.1) is 18.6 Å². The van der Waals surface area contributed by atoms with Crippen molar-refractivity contribution in [3.8, 4) is 0 Å². The molecule has 0 aliphatic carbocycles. The maximum absolute atomic E-state index is 12.9. The molecule has 90 valence electrons. The zero-order chi connectivity index (χ0) is 12.3. The lowest BCUT2D eigenvalue weighted by atomic mass is 10.2. The Bertz CT molecular complexity index is 511. The van der Waals surface area contributed by atoms with Gasteiger partial charge in [-0.05, 0) is 24.6 Å². The Morgan fingerprint density at radius 3 is 2.71 bits per heavy atom. The van der Waals surface area contributed by atoms with Gasteiger partial charge in [0.25, 0.3) is 0 Å². The zero-order valence-corrected chi connectivity index (χ0v) is 10.2. The Morgan fingerprint density at radius 1 is 1.24 bits per heavy atom. The van der Waals surface area contributed by atoms with Crippen molar-refractivity contribution in [1.82, 2.24) is 10.3 Å². The van der Waals surface area contributed by atoms with Gasteiger partial charge in [-0.25, -0.2) is 13.8 Å². The summed E-state index contributed by atoms with van der Waals surface area (Å²) in [6, 6.07) is 3.93. The monoisotopic (exact) mass is 254 g/mol. The number of hydrogen-bond acceptors (Lipinski definition) is 3. The summed E-state index contributed by atoms with van der Waals surface area (Å²) in [5.74, 6) is -1.62. The van der Waals surface area contributed by atoms with E-state index in [-0.39, 0.29) is 0 Å². The number of nitrogens with one attached hydrogen (secondary N) is 1. The van der Waals surface area contributed by atoms with E-state index in [0.717, 1.165) is 22.2 Å². The second kappa shape index (κ2) is 5.33. The third kappa shape index (κ3) is 3.08. The standard InChI is InChI=1S/C12H12F2N2S/c1-8-12(17-7-16-8)6-15-5-9-2-3-10(13)11(14)4-9/h2-4,7,15H,5-6H2,1H3. The van der Waals surface area contributed by atoms with Crippen LogP contribution in [0.3, 0.4) is 0 Å². The number of halogens is 2. The molecule has 1 aromatic carbocycles. The predicted molar refractivity (Wildman–Crippen MR) is 63.8 cm³/mol. The number of nitrogens with zero attached hydrogens (tertiary/aromatic N) is 1. The molecule has 17 heavy (non-hydrogen) atoms. The van der Waals surface area contributed by atoms with Crippen LogP contribution < -0.4 is 5.32 Å². The van der Waals surface area contributed by atoms with Crippen LogP contribution in [0.25, 0.3) is 0 Å². The minimum atomic E-state index is -0.813. The van der Waals surface area contributed by atoms with Crippen LogP contribution in [-0.4, -0.2) is 4.98 Å². The van der Waals surface area contributed by atoms with Gasteiger partial charge in [0.2, 0.25) is 0 Å². The molecule has 0 bridgehead atoms. The maximum atomic E-state index is 12.9. The van der Waals surface area contributed by atoms with Gasteiger partial charge in [0.15, 0.2) is 11.6 Å². The quantitative estimate of drug-likeness (QED) is 0.907. The minimum Gasteiger partial charge on any atom is -0.308 e. The number of hydrogen-bond donors (Lipinski definition) is 1. The van der Waals surface area contributed by atoms with Gasteiger partial charge in [0.05, 0.1) is 11.2 Å². The second-order valence-electron chi connectivity index (χ2n) is 3.71. The molecule has 1 N–H and O–H groups in total. The molecule has 0 amide bonds. The topological polar surface area (TPSA) is 24.9 Å². The highest BCUT2D eigenvalue weighted by atomic mass is 32.1. The third-order valence-corrected chi connectivity index (χ3v) is 3.38. The van der Waals surface area contributed by atoms with Gasteiger partial charge >= 0.3 is 0 Å². The summed E-state index contributed by atoms with van der Waals surface area (Å²) in [5, 5.41) is 3.17. The highest BCUT2D eigenvalue weighted by Gasteiger charge is 2.03. The summed E-state index contributed by atoms with van der Waals surface area (Å²) in [6.45, 7) is 3.15. The molecule has 1 heterocycles. The van der Waals surface area contributed by atoms with E-state index < -0.39 is 11.6 Å². The molecule has 2 rings (SSSR count). The van der Waals surface area contributed by atoms with Crippen LogP contribution in [0.2, 0.25) is 0 Å². The molecular weight excluding hydrogens is 242 g/mol. The lowest BCUT2D eigenvalue weighted by molar-refractivity contribution is 0.506. The fourth-order valence-corrected chi connectivity index (χ4v) is 2.21. The summed E-state index contributed by atoms with van der Waals surface area (Å²) in [7, 11) is 0. The first-order valence-electron chi connectivity index (χ1n) is 5.20. The average molecular weight is 254 g/mol. The van der Waals surface area contributed by atoms with Gasteiger partial charge in [0.1, 0.15) is 0 Å². The van der Waals surface area contributed by atoms with Gasteiger partial charge in [0, 0.05) is 18.0 Å². The normalized spacial score (nSPS) is 10.8. The van der Waals surface area contributed by atoms with Crippen molar-refractivity contribution in [2.24, 2.45) is 0 Å². The number of aromatic nitrogens is 1. The Kier molecular flexibility index (Phi) is 3.81. The highest BCUT2D eigenvalue weighted by molar-refractivity contribution is 7.09. The average Bonchev–Trinajstić information content (AvgIpc) is 2.70. The molecule has 0 radical (unpaired) electrons. The van der Waals surface area contributed by atoms with E-state index >= 15 is 0 Å². The van der Waals surface area contributed by atoms with Crippen molar-refractivity contribution >= 4 is 11.3 Å². The smallest absolute Gasteiger partial charge is 0.159 e. The van der Waals surface area contributed by atoms with E-state index in [0.29, 0.717) is 13.1 Å².